The fourth-order valence-corrected chi connectivity index (χ4v) is 8.27. The van der Waals surface area contributed by atoms with Crippen LogP contribution in [0, 0.1) is 54.3 Å². The van der Waals surface area contributed by atoms with Crippen LogP contribution in [0.15, 0.2) is 42.5 Å². The summed E-state index contributed by atoms with van der Waals surface area (Å²) in [5.74, 6) is 0. The van der Waals surface area contributed by atoms with Crippen LogP contribution in [0.4, 0.5) is 0 Å². The van der Waals surface area contributed by atoms with Gasteiger partial charge in [-0.05, 0) is 47.6 Å². The quantitative estimate of drug-likeness (QED) is 0.244. The fraction of sp³-hybridized carbons (Fsp3) is 0.429. The summed E-state index contributed by atoms with van der Waals surface area (Å²) in [6.07, 6.45) is 0. The van der Waals surface area contributed by atoms with Crippen molar-refractivity contribution < 1.29 is 61.7 Å². The van der Waals surface area contributed by atoms with Crippen LogP contribution in [-0.2, 0) is 20.4 Å². The van der Waals surface area contributed by atoms with E-state index in [1.54, 1.807) is 0 Å². The van der Waals surface area contributed by atoms with Crippen LogP contribution >= 0.6 is 7.92 Å². The summed E-state index contributed by atoms with van der Waals surface area (Å²) in [6, 6.07) is 18.7. The molecule has 0 nitrogen and oxygen atoms in total. The average molecular weight is 560 g/mol. The summed E-state index contributed by atoms with van der Waals surface area (Å²) in [5, 5.41) is 2.15. The molecule has 2 aromatic rings. The second kappa shape index (κ2) is 9.72. The van der Waals surface area contributed by atoms with Crippen LogP contribution < -0.4 is 5.30 Å². The average Bonchev–Trinajstić information content (AvgIpc) is 2.37. The molecule has 0 aromatic heterocycles. The standard InChI is InChI=1S/C21H28P.Pd.Pr/c1-16-12-8-9-13-17(16)18-14-10-11-15-19(18)22(20(2,3)4)21(5,6)7;;/h8-12,14-15H,1-7H3;;/q-1;;/p+1. The van der Waals surface area contributed by atoms with Crippen LogP contribution in [-0.4, -0.2) is 10.3 Å². The first-order valence-corrected chi connectivity index (χ1v) is 9.57. The second-order valence-corrected chi connectivity index (χ2v) is 12.4. The van der Waals surface area contributed by atoms with Crippen LogP contribution in [0.3, 0.4) is 0 Å². The van der Waals surface area contributed by atoms with E-state index in [-0.39, 0.29) is 61.7 Å². The van der Waals surface area contributed by atoms with Crippen molar-refractivity contribution in [2.45, 2.75) is 58.8 Å². The molecular weight excluding hydrogens is 531 g/mol. The first kappa shape index (κ1) is 24.9. The molecule has 24 heavy (non-hydrogen) atoms. The summed E-state index contributed by atoms with van der Waals surface area (Å²) in [4.78, 5) is 0. The number of hydrogen-bond donors (Lipinski definition) is 0. The molecule has 0 fully saturated rings. The molecule has 0 heterocycles. The normalized spacial score (nSPS) is 11.7. The molecule has 3 heteroatoms. The molecule has 0 aliphatic heterocycles. The molecule has 2 rings (SSSR count). The third-order valence-electron chi connectivity index (χ3n) is 4.03. The van der Waals surface area contributed by atoms with E-state index in [1.165, 1.54) is 22.0 Å². The van der Waals surface area contributed by atoms with Gasteiger partial charge in [-0.1, -0.05) is 30.7 Å². The first-order valence-electron chi connectivity index (χ1n) is 8.07. The van der Waals surface area contributed by atoms with Crippen LogP contribution in [0.2, 0.25) is 0 Å². The molecule has 0 aliphatic carbocycles. The molecule has 131 valence electrons. The third-order valence-corrected chi connectivity index (χ3v) is 8.00. The molecule has 0 unspecified atom stereocenters. The van der Waals surface area contributed by atoms with Gasteiger partial charge in [-0.15, -0.1) is 35.4 Å². The van der Waals surface area contributed by atoms with Gasteiger partial charge in [-0.2, -0.15) is 0 Å². The maximum Gasteiger partial charge on any atom is 0.0737 e. The molecule has 0 atom stereocenters. The third kappa shape index (κ3) is 5.97. The Morgan fingerprint density at radius 2 is 1.38 bits per heavy atom. The summed E-state index contributed by atoms with van der Waals surface area (Å²) in [7, 11) is -0.767. The smallest absolute Gasteiger partial charge is 0.0737 e. The number of aryl methyl sites for hydroxylation is 1. The van der Waals surface area contributed by atoms with Gasteiger partial charge < -0.3 is 0 Å². The van der Waals surface area contributed by atoms with Crippen molar-refractivity contribution in [3.63, 3.8) is 0 Å². The summed E-state index contributed by atoms with van der Waals surface area (Å²) in [5.41, 5.74) is 3.94. The minimum absolute atomic E-state index is 0. The predicted molar refractivity (Wildman–Crippen MR) is 103 cm³/mol. The number of rotatable bonds is 2. The Morgan fingerprint density at radius 3 is 1.88 bits per heavy atom. The van der Waals surface area contributed by atoms with Crippen molar-refractivity contribution in [2.24, 2.45) is 0 Å². The molecule has 0 amide bonds. The molecule has 0 aliphatic rings. The van der Waals surface area contributed by atoms with E-state index in [9.17, 15) is 0 Å². The van der Waals surface area contributed by atoms with Gasteiger partial charge in [0.2, 0.25) is 0 Å². The van der Waals surface area contributed by atoms with Gasteiger partial charge in [0.25, 0.3) is 0 Å². The molecule has 1 radical (unpaired) electrons. The Morgan fingerprint density at radius 1 is 0.833 bits per heavy atom. The molecule has 0 saturated carbocycles. The monoisotopic (exact) mass is 559 g/mol. The molecule has 0 bridgehead atoms. The Bertz CT molecular complexity index is 639. The van der Waals surface area contributed by atoms with E-state index >= 15 is 0 Å². The van der Waals surface area contributed by atoms with Crippen molar-refractivity contribution in [1.29, 1.82) is 0 Å². The summed E-state index contributed by atoms with van der Waals surface area (Å²) in [6.45, 7) is 16.5. The van der Waals surface area contributed by atoms with Gasteiger partial charge in [-0.3, -0.25) is 0 Å². The van der Waals surface area contributed by atoms with Gasteiger partial charge in [0, 0.05) is 69.6 Å². The van der Waals surface area contributed by atoms with Crippen molar-refractivity contribution in [3.05, 3.63) is 54.1 Å². The van der Waals surface area contributed by atoms with Crippen molar-refractivity contribution >= 4 is 13.2 Å². The largest absolute Gasteiger partial charge is 0.147 e. The Hall–Kier alpha value is 0.896. The Balaban J connectivity index is 0.00000264. The fourth-order valence-electron chi connectivity index (χ4n) is 3.66. The van der Waals surface area contributed by atoms with Gasteiger partial charge in [0.05, 0.1) is 15.6 Å². The van der Waals surface area contributed by atoms with Crippen LogP contribution in [0.5, 0.6) is 0 Å². The molecule has 2 aromatic carbocycles. The number of hydrogen-bond acceptors (Lipinski definition) is 0. The minimum atomic E-state index is -0.767. The van der Waals surface area contributed by atoms with Crippen molar-refractivity contribution in [3.8, 4) is 11.1 Å². The van der Waals surface area contributed by atoms with E-state index in [4.69, 9.17) is 0 Å². The van der Waals surface area contributed by atoms with Crippen molar-refractivity contribution in [2.75, 3.05) is 0 Å². The van der Waals surface area contributed by atoms with Gasteiger partial charge in [-0.25, -0.2) is 0 Å². The summed E-state index contributed by atoms with van der Waals surface area (Å²) >= 11 is 0. The molecule has 0 N–H and O–H groups in total. The second-order valence-electron chi connectivity index (χ2n) is 8.15. The zero-order valence-corrected chi connectivity index (χ0v) is 22.2. The maximum atomic E-state index is 3.47. The summed E-state index contributed by atoms with van der Waals surface area (Å²) < 4.78 is 0. The van der Waals surface area contributed by atoms with E-state index in [2.05, 4.69) is 90.9 Å². The number of benzene rings is 2. The molecular formula is C21H29PPdPr. The van der Waals surface area contributed by atoms with Gasteiger partial charge in [0.1, 0.15) is 0 Å². The maximum absolute atomic E-state index is 3.47. The zero-order valence-electron chi connectivity index (χ0n) is 15.9. The molecule has 0 saturated heterocycles. The van der Waals surface area contributed by atoms with Gasteiger partial charge >= 0.3 is 0 Å². The van der Waals surface area contributed by atoms with E-state index in [0.717, 1.165) is 0 Å². The van der Waals surface area contributed by atoms with Crippen molar-refractivity contribution in [1.82, 2.24) is 0 Å². The zero-order chi connectivity index (χ0) is 16.5. The predicted octanol–water partition coefficient (Wildman–Crippen LogP) is 5.90. The van der Waals surface area contributed by atoms with Gasteiger partial charge in [0.15, 0.2) is 0 Å². The topological polar surface area (TPSA) is 0 Å². The Kier molecular flexibility index (Phi) is 10.1. The van der Waals surface area contributed by atoms with E-state index in [0.29, 0.717) is 10.3 Å². The van der Waals surface area contributed by atoms with Crippen LogP contribution in [0.1, 0.15) is 47.1 Å². The minimum Gasteiger partial charge on any atom is -0.147 e. The first-order chi connectivity index (χ1) is 10.1. The molecule has 0 spiro atoms. The Labute approximate surface area is 197 Å². The van der Waals surface area contributed by atoms with Crippen LogP contribution in [0.25, 0.3) is 11.1 Å². The van der Waals surface area contributed by atoms with E-state index in [1.807, 2.05) is 6.07 Å². The van der Waals surface area contributed by atoms with E-state index < -0.39 is 7.92 Å². The SMILES string of the molecule is Cc1ccc[c-]c1-c1ccccc1[PH+](C(C)(C)C)C(C)(C)C.[Pd].[Pr].